The van der Waals surface area contributed by atoms with Crippen molar-refractivity contribution in [2.45, 2.75) is 13.1 Å². The molecule has 0 aliphatic carbocycles. The molecule has 8 heteroatoms. The largest absolute Gasteiger partial charge is 0.480 e. The molecule has 3 aromatic rings. The molecule has 6 nitrogen and oxygen atoms in total. The number of nitrogens with zero attached hydrogens (tertiary/aromatic N) is 2. The highest BCUT2D eigenvalue weighted by molar-refractivity contribution is 8.26. The topological polar surface area (TPSA) is 75.7 Å². The van der Waals surface area contributed by atoms with Gasteiger partial charge in [0, 0.05) is 22.7 Å². The minimum atomic E-state index is -0.924. The average molecular weight is 398 g/mol. The van der Waals surface area contributed by atoms with E-state index in [1.165, 1.54) is 16.7 Å². The molecule has 4 rings (SSSR count). The summed E-state index contributed by atoms with van der Waals surface area (Å²) in [6.07, 6.45) is 5.07. The predicted molar refractivity (Wildman–Crippen MR) is 107 cm³/mol. The molecule has 0 spiro atoms. The fraction of sp³-hybridized carbons (Fsp3) is 0.105. The van der Waals surface area contributed by atoms with Crippen LogP contribution < -0.4 is 0 Å². The second kappa shape index (κ2) is 7.05. The van der Waals surface area contributed by atoms with Gasteiger partial charge in [-0.15, -0.1) is 0 Å². The smallest absolute Gasteiger partial charge is 0.323 e. The molecule has 3 heterocycles. The molecule has 0 unspecified atom stereocenters. The number of carbonyl (C=O) groups excluding carboxylic acids is 1. The van der Waals surface area contributed by atoms with Crippen LogP contribution in [0.1, 0.15) is 11.3 Å². The zero-order valence-electron chi connectivity index (χ0n) is 14.0. The lowest BCUT2D eigenvalue weighted by molar-refractivity contribution is -0.137. The summed E-state index contributed by atoms with van der Waals surface area (Å²) in [6.45, 7) is 0.142. The standard InChI is InChI=1S/C19H14N2O4S2/c22-17(23)11-20-9-12(14-5-1-2-6-15(14)20)8-16-18(24)21(19(26)27-16)10-13-4-3-7-25-13/h1-9H,10-11H2,(H,22,23). The van der Waals surface area contributed by atoms with E-state index in [2.05, 4.69) is 0 Å². The quantitative estimate of drug-likeness (QED) is 0.521. The normalized spacial score (nSPS) is 16.0. The first-order valence-corrected chi connectivity index (χ1v) is 9.33. The number of aromatic nitrogens is 1. The Balaban J connectivity index is 1.68. The third kappa shape index (κ3) is 3.41. The monoisotopic (exact) mass is 398 g/mol. The van der Waals surface area contributed by atoms with E-state index in [9.17, 15) is 9.59 Å². The van der Waals surface area contributed by atoms with Crippen molar-refractivity contribution in [1.82, 2.24) is 9.47 Å². The average Bonchev–Trinajstić information content (AvgIpc) is 3.32. The van der Waals surface area contributed by atoms with Crippen molar-refractivity contribution in [3.63, 3.8) is 0 Å². The molecule has 1 saturated heterocycles. The molecular formula is C19H14N2O4S2. The SMILES string of the molecule is O=C(O)Cn1cc(C=C2SC(=S)N(Cc3ccco3)C2=O)c2ccccc21. The van der Waals surface area contributed by atoms with E-state index >= 15 is 0 Å². The lowest BCUT2D eigenvalue weighted by atomic mass is 10.1. The predicted octanol–water partition coefficient (Wildman–Crippen LogP) is 3.72. The molecule has 1 fully saturated rings. The Labute approximate surface area is 164 Å². The molecule has 0 atom stereocenters. The van der Waals surface area contributed by atoms with Crippen LogP contribution in [0.5, 0.6) is 0 Å². The molecule has 0 saturated carbocycles. The summed E-state index contributed by atoms with van der Waals surface area (Å²) in [6, 6.07) is 11.1. The van der Waals surface area contributed by atoms with Crippen LogP contribution in [-0.4, -0.2) is 30.8 Å². The maximum absolute atomic E-state index is 12.8. The molecule has 1 aliphatic heterocycles. The number of hydrogen-bond donors (Lipinski definition) is 1. The highest BCUT2D eigenvalue weighted by Gasteiger charge is 2.32. The van der Waals surface area contributed by atoms with E-state index in [4.69, 9.17) is 21.7 Å². The van der Waals surface area contributed by atoms with Gasteiger partial charge < -0.3 is 14.1 Å². The van der Waals surface area contributed by atoms with Crippen molar-refractivity contribution in [1.29, 1.82) is 0 Å². The summed E-state index contributed by atoms with van der Waals surface area (Å²) in [5.41, 5.74) is 1.59. The van der Waals surface area contributed by atoms with Gasteiger partial charge in [0.15, 0.2) is 0 Å². The molecule has 1 aromatic carbocycles. The number of carbonyl (C=O) groups is 2. The number of thioether (sulfide) groups is 1. The van der Waals surface area contributed by atoms with Crippen molar-refractivity contribution in [2.24, 2.45) is 0 Å². The van der Waals surface area contributed by atoms with Gasteiger partial charge in [-0.05, 0) is 24.3 Å². The Hall–Kier alpha value is -2.84. The second-order valence-electron chi connectivity index (χ2n) is 5.97. The number of benzene rings is 1. The number of carboxylic acid groups (broad SMARTS) is 1. The van der Waals surface area contributed by atoms with Crippen molar-refractivity contribution < 1.29 is 19.1 Å². The number of furan rings is 1. The van der Waals surface area contributed by atoms with Crippen molar-refractivity contribution >= 4 is 57.2 Å². The summed E-state index contributed by atoms with van der Waals surface area (Å²) in [5, 5.41) is 10.0. The molecule has 1 aliphatic rings. The molecule has 27 heavy (non-hydrogen) atoms. The molecule has 0 bridgehead atoms. The third-order valence-electron chi connectivity index (χ3n) is 4.18. The van der Waals surface area contributed by atoms with Crippen LogP contribution in [0, 0.1) is 0 Å². The van der Waals surface area contributed by atoms with Gasteiger partial charge in [0.05, 0.1) is 17.7 Å². The maximum atomic E-state index is 12.8. The zero-order chi connectivity index (χ0) is 19.0. The van der Waals surface area contributed by atoms with E-state index in [1.54, 1.807) is 35.2 Å². The van der Waals surface area contributed by atoms with Gasteiger partial charge in [0.25, 0.3) is 5.91 Å². The van der Waals surface area contributed by atoms with E-state index in [0.29, 0.717) is 15.0 Å². The van der Waals surface area contributed by atoms with Crippen LogP contribution in [0.15, 0.2) is 58.2 Å². The third-order valence-corrected chi connectivity index (χ3v) is 5.56. The highest BCUT2D eigenvalue weighted by Crippen LogP contribution is 2.35. The van der Waals surface area contributed by atoms with Gasteiger partial charge in [0.2, 0.25) is 0 Å². The van der Waals surface area contributed by atoms with Gasteiger partial charge in [-0.25, -0.2) is 0 Å². The van der Waals surface area contributed by atoms with Gasteiger partial charge in [0.1, 0.15) is 16.6 Å². The minimum absolute atomic E-state index is 0.145. The Bertz CT molecular complexity index is 1080. The number of thiocarbonyl (C=S) groups is 1. The van der Waals surface area contributed by atoms with Crippen LogP contribution in [0.4, 0.5) is 0 Å². The molecular weight excluding hydrogens is 384 g/mol. The summed E-state index contributed by atoms with van der Waals surface area (Å²) >= 11 is 6.58. The first-order valence-electron chi connectivity index (χ1n) is 8.10. The summed E-state index contributed by atoms with van der Waals surface area (Å²) in [4.78, 5) is 25.9. The number of hydrogen-bond acceptors (Lipinski definition) is 5. The fourth-order valence-electron chi connectivity index (χ4n) is 3.00. The number of amides is 1. The maximum Gasteiger partial charge on any atom is 0.323 e. The van der Waals surface area contributed by atoms with Crippen molar-refractivity contribution in [2.75, 3.05) is 0 Å². The fourth-order valence-corrected chi connectivity index (χ4v) is 4.25. The van der Waals surface area contributed by atoms with E-state index in [-0.39, 0.29) is 19.0 Å². The summed E-state index contributed by atoms with van der Waals surface area (Å²) < 4.78 is 7.43. The Morgan fingerprint density at radius 3 is 2.81 bits per heavy atom. The van der Waals surface area contributed by atoms with E-state index in [0.717, 1.165) is 16.5 Å². The van der Waals surface area contributed by atoms with Crippen molar-refractivity contribution in [3.05, 3.63) is 65.1 Å². The molecule has 1 amide bonds. The Morgan fingerprint density at radius 1 is 1.26 bits per heavy atom. The Morgan fingerprint density at radius 2 is 2.07 bits per heavy atom. The van der Waals surface area contributed by atoms with Crippen LogP contribution in [0.3, 0.4) is 0 Å². The Kier molecular flexibility index (Phi) is 4.59. The van der Waals surface area contributed by atoms with Gasteiger partial charge in [-0.3, -0.25) is 14.5 Å². The number of rotatable bonds is 5. The van der Waals surface area contributed by atoms with Crippen molar-refractivity contribution in [3.8, 4) is 0 Å². The molecule has 1 N–H and O–H groups in total. The van der Waals surface area contributed by atoms with Crippen LogP contribution in [0.25, 0.3) is 17.0 Å². The number of para-hydroxylation sites is 1. The van der Waals surface area contributed by atoms with Crippen LogP contribution in [0.2, 0.25) is 0 Å². The van der Waals surface area contributed by atoms with E-state index in [1.807, 2.05) is 24.3 Å². The van der Waals surface area contributed by atoms with Crippen LogP contribution in [-0.2, 0) is 22.7 Å². The molecule has 136 valence electrons. The number of fused-ring (bicyclic) bond motifs is 1. The number of aliphatic carboxylic acids is 1. The second-order valence-corrected chi connectivity index (χ2v) is 7.65. The molecule has 2 aromatic heterocycles. The first kappa shape index (κ1) is 17.6. The van der Waals surface area contributed by atoms with E-state index < -0.39 is 5.97 Å². The molecule has 0 radical (unpaired) electrons. The van der Waals surface area contributed by atoms with Crippen LogP contribution >= 0.6 is 24.0 Å². The zero-order valence-corrected chi connectivity index (χ0v) is 15.6. The lowest BCUT2D eigenvalue weighted by Gasteiger charge is -2.11. The lowest BCUT2D eigenvalue weighted by Crippen LogP contribution is -2.27. The minimum Gasteiger partial charge on any atom is -0.480 e. The summed E-state index contributed by atoms with van der Waals surface area (Å²) in [5.74, 6) is -0.450. The van der Waals surface area contributed by atoms with Gasteiger partial charge >= 0.3 is 5.97 Å². The first-order chi connectivity index (χ1) is 13.0. The number of carboxylic acids is 1. The van der Waals surface area contributed by atoms with Gasteiger partial charge in [-0.2, -0.15) is 0 Å². The highest BCUT2D eigenvalue weighted by atomic mass is 32.2. The summed E-state index contributed by atoms with van der Waals surface area (Å²) in [7, 11) is 0. The van der Waals surface area contributed by atoms with Gasteiger partial charge in [-0.1, -0.05) is 42.2 Å².